The van der Waals surface area contributed by atoms with Crippen molar-refractivity contribution in [2.75, 3.05) is 5.32 Å². The fourth-order valence-electron chi connectivity index (χ4n) is 2.75. The van der Waals surface area contributed by atoms with Crippen molar-refractivity contribution in [3.8, 4) is 0 Å². The topological polar surface area (TPSA) is 76.7 Å². The molecule has 0 bridgehead atoms. The highest BCUT2D eigenvalue weighted by atomic mass is 16.5. The molecule has 2 aromatic rings. The fourth-order valence-corrected chi connectivity index (χ4v) is 2.75. The minimum Gasteiger partial charge on any atom is -0.362 e. The van der Waals surface area contributed by atoms with Gasteiger partial charge in [-0.1, -0.05) is 24.9 Å². The lowest BCUT2D eigenvalue weighted by Crippen LogP contribution is -2.07. The Labute approximate surface area is 124 Å². The average molecular weight is 287 g/mol. The second-order valence-corrected chi connectivity index (χ2v) is 5.53. The number of rotatable bonds is 5. The van der Waals surface area contributed by atoms with Crippen LogP contribution in [0.5, 0.6) is 0 Å². The zero-order valence-corrected chi connectivity index (χ0v) is 12.6. The highest BCUT2D eigenvalue weighted by molar-refractivity contribution is 5.42. The van der Waals surface area contributed by atoms with Gasteiger partial charge in [0, 0.05) is 17.7 Å². The summed E-state index contributed by atoms with van der Waals surface area (Å²) in [6.07, 6.45) is 7.62. The van der Waals surface area contributed by atoms with Crippen LogP contribution in [0.25, 0.3) is 0 Å². The molecule has 112 valence electrons. The molecule has 6 nitrogen and oxygen atoms in total. The third-order valence-electron chi connectivity index (χ3n) is 3.97. The van der Waals surface area contributed by atoms with Crippen molar-refractivity contribution < 1.29 is 4.52 Å². The van der Waals surface area contributed by atoms with Gasteiger partial charge < -0.3 is 9.84 Å². The number of hydrogen-bond donors (Lipinski definition) is 1. The summed E-state index contributed by atoms with van der Waals surface area (Å²) in [5.74, 6) is 3.56. The predicted molar refractivity (Wildman–Crippen MR) is 79.0 cm³/mol. The summed E-state index contributed by atoms with van der Waals surface area (Å²) in [6.45, 7) is 4.50. The zero-order chi connectivity index (χ0) is 14.7. The number of aryl methyl sites for hydroxylation is 2. The molecule has 0 radical (unpaired) electrons. The fraction of sp³-hybridized carbons (Fsp3) is 0.600. The number of anilines is 1. The van der Waals surface area contributed by atoms with Gasteiger partial charge in [-0.2, -0.15) is 4.98 Å². The van der Waals surface area contributed by atoms with E-state index in [0.29, 0.717) is 18.3 Å². The molecule has 3 rings (SSSR count). The summed E-state index contributed by atoms with van der Waals surface area (Å²) in [5.41, 5.74) is 1.10. The van der Waals surface area contributed by atoms with Crippen LogP contribution in [0.4, 0.5) is 5.82 Å². The molecule has 1 aliphatic carbocycles. The minimum atomic E-state index is 0.457. The predicted octanol–water partition coefficient (Wildman–Crippen LogP) is 3.00. The van der Waals surface area contributed by atoms with Crippen LogP contribution in [0.3, 0.4) is 0 Å². The van der Waals surface area contributed by atoms with Crippen LogP contribution in [0.2, 0.25) is 0 Å². The van der Waals surface area contributed by atoms with Crippen LogP contribution in [0.15, 0.2) is 10.7 Å². The second-order valence-electron chi connectivity index (χ2n) is 5.53. The molecule has 1 aliphatic rings. The molecule has 0 aliphatic heterocycles. The normalized spacial score (nSPS) is 15.5. The van der Waals surface area contributed by atoms with E-state index in [1.165, 1.54) is 25.7 Å². The Hall–Kier alpha value is -1.98. The van der Waals surface area contributed by atoms with E-state index < -0.39 is 0 Å². The Bertz CT molecular complexity index is 604. The highest BCUT2D eigenvalue weighted by Crippen LogP contribution is 2.32. The van der Waals surface area contributed by atoms with Crippen LogP contribution >= 0.6 is 0 Å². The Morgan fingerprint density at radius 2 is 2.10 bits per heavy atom. The Morgan fingerprint density at radius 1 is 1.29 bits per heavy atom. The van der Waals surface area contributed by atoms with Gasteiger partial charge in [0.25, 0.3) is 0 Å². The van der Waals surface area contributed by atoms with E-state index in [2.05, 4.69) is 32.3 Å². The van der Waals surface area contributed by atoms with Crippen LogP contribution in [0.1, 0.15) is 61.6 Å². The molecule has 0 amide bonds. The van der Waals surface area contributed by atoms with Crippen LogP contribution in [0, 0.1) is 6.92 Å². The Kier molecular flexibility index (Phi) is 4.13. The van der Waals surface area contributed by atoms with Crippen LogP contribution in [-0.2, 0) is 13.0 Å². The first kappa shape index (κ1) is 14.0. The molecule has 2 aromatic heterocycles. The molecular formula is C15H21N5O. The minimum absolute atomic E-state index is 0.457. The smallest absolute Gasteiger partial charge is 0.229 e. The Balaban J connectivity index is 1.66. The third kappa shape index (κ3) is 3.20. The van der Waals surface area contributed by atoms with E-state index in [1.54, 1.807) is 0 Å². The van der Waals surface area contributed by atoms with Gasteiger partial charge in [0.1, 0.15) is 11.6 Å². The zero-order valence-electron chi connectivity index (χ0n) is 12.6. The van der Waals surface area contributed by atoms with E-state index >= 15 is 0 Å². The maximum absolute atomic E-state index is 5.38. The summed E-state index contributed by atoms with van der Waals surface area (Å²) in [6, 6.07) is 0. The number of aromatic nitrogens is 4. The maximum Gasteiger partial charge on any atom is 0.229 e. The number of nitrogens with zero attached hydrogens (tertiary/aromatic N) is 4. The van der Waals surface area contributed by atoms with Crippen LogP contribution in [-0.4, -0.2) is 20.1 Å². The average Bonchev–Trinajstić information content (AvgIpc) is 3.16. The third-order valence-corrected chi connectivity index (χ3v) is 3.97. The molecule has 0 aromatic carbocycles. The number of hydrogen-bond acceptors (Lipinski definition) is 6. The molecule has 0 saturated heterocycles. The molecule has 0 atom stereocenters. The lowest BCUT2D eigenvalue weighted by molar-refractivity contribution is 0.350. The van der Waals surface area contributed by atoms with Crippen molar-refractivity contribution in [1.82, 2.24) is 20.1 Å². The molecule has 1 saturated carbocycles. The largest absolute Gasteiger partial charge is 0.362 e. The van der Waals surface area contributed by atoms with Crippen molar-refractivity contribution in [2.24, 2.45) is 0 Å². The summed E-state index contributed by atoms with van der Waals surface area (Å²) >= 11 is 0. The highest BCUT2D eigenvalue weighted by Gasteiger charge is 2.22. The van der Waals surface area contributed by atoms with E-state index in [9.17, 15) is 0 Å². The molecule has 21 heavy (non-hydrogen) atoms. The molecule has 6 heteroatoms. The molecule has 1 N–H and O–H groups in total. The first-order chi connectivity index (χ1) is 10.3. The second kappa shape index (κ2) is 6.20. The van der Waals surface area contributed by atoms with Gasteiger partial charge in [-0.3, -0.25) is 0 Å². The SMILES string of the molecule is CCc1cnc(C)nc1NCc1noc(C2CCCC2)n1. The van der Waals surface area contributed by atoms with Crippen molar-refractivity contribution in [3.63, 3.8) is 0 Å². The summed E-state index contributed by atoms with van der Waals surface area (Å²) < 4.78 is 5.38. The lowest BCUT2D eigenvalue weighted by atomic mass is 10.1. The van der Waals surface area contributed by atoms with Crippen molar-refractivity contribution in [3.05, 3.63) is 29.3 Å². The molecule has 1 fully saturated rings. The Morgan fingerprint density at radius 3 is 2.86 bits per heavy atom. The first-order valence-corrected chi connectivity index (χ1v) is 7.65. The van der Waals surface area contributed by atoms with Gasteiger partial charge in [0.15, 0.2) is 5.82 Å². The molecule has 2 heterocycles. The standard InChI is InChI=1S/C15H21N5O/c1-3-11-8-16-10(2)18-14(11)17-9-13-19-15(21-20-13)12-6-4-5-7-12/h8,12H,3-7,9H2,1-2H3,(H,16,17,18). The van der Waals surface area contributed by atoms with Gasteiger partial charge in [0.2, 0.25) is 5.89 Å². The summed E-state index contributed by atoms with van der Waals surface area (Å²) in [7, 11) is 0. The van der Waals surface area contributed by atoms with Gasteiger partial charge in [0.05, 0.1) is 6.54 Å². The first-order valence-electron chi connectivity index (χ1n) is 7.65. The van der Waals surface area contributed by atoms with E-state index in [-0.39, 0.29) is 0 Å². The van der Waals surface area contributed by atoms with E-state index in [1.807, 2.05) is 13.1 Å². The van der Waals surface area contributed by atoms with Crippen molar-refractivity contribution >= 4 is 5.82 Å². The van der Waals surface area contributed by atoms with E-state index in [4.69, 9.17) is 4.52 Å². The molecule has 0 unspecified atom stereocenters. The lowest BCUT2D eigenvalue weighted by Gasteiger charge is -2.08. The summed E-state index contributed by atoms with van der Waals surface area (Å²) in [4.78, 5) is 13.2. The van der Waals surface area contributed by atoms with Gasteiger partial charge in [-0.25, -0.2) is 9.97 Å². The van der Waals surface area contributed by atoms with Crippen LogP contribution < -0.4 is 5.32 Å². The quantitative estimate of drug-likeness (QED) is 0.911. The summed E-state index contributed by atoms with van der Waals surface area (Å²) in [5, 5.41) is 7.35. The van der Waals surface area contributed by atoms with Gasteiger partial charge in [-0.05, 0) is 26.2 Å². The van der Waals surface area contributed by atoms with Gasteiger partial charge in [-0.15, -0.1) is 0 Å². The molecular weight excluding hydrogens is 266 g/mol. The maximum atomic E-state index is 5.38. The monoisotopic (exact) mass is 287 g/mol. The molecule has 0 spiro atoms. The van der Waals surface area contributed by atoms with E-state index in [0.717, 1.165) is 29.5 Å². The number of nitrogens with one attached hydrogen (secondary N) is 1. The van der Waals surface area contributed by atoms with Crippen molar-refractivity contribution in [1.29, 1.82) is 0 Å². The van der Waals surface area contributed by atoms with Gasteiger partial charge >= 0.3 is 0 Å². The van der Waals surface area contributed by atoms with Crippen molar-refractivity contribution in [2.45, 2.75) is 58.4 Å².